The average molecular weight is 398 g/mol. The van der Waals surface area contributed by atoms with Gasteiger partial charge in [0, 0.05) is 23.6 Å². The molecular weight excluding hydrogens is 381 g/mol. The fourth-order valence-corrected chi connectivity index (χ4v) is 3.32. The van der Waals surface area contributed by atoms with Crippen molar-refractivity contribution in [3.63, 3.8) is 0 Å². The molecule has 1 aromatic heterocycles. The topological polar surface area (TPSA) is 58.1 Å². The van der Waals surface area contributed by atoms with Gasteiger partial charge >= 0.3 is 6.18 Å². The molecule has 148 valence electrons. The first-order valence-electron chi connectivity index (χ1n) is 9.01. The number of anilines is 3. The molecule has 2 heterocycles. The molecule has 29 heavy (non-hydrogen) atoms. The Morgan fingerprint density at radius 1 is 1.07 bits per heavy atom. The Kier molecular flexibility index (Phi) is 4.70. The summed E-state index contributed by atoms with van der Waals surface area (Å²) in [7, 11) is 0. The van der Waals surface area contributed by atoms with Gasteiger partial charge in [0.25, 0.3) is 5.91 Å². The van der Waals surface area contributed by atoms with Gasteiger partial charge in [-0.25, -0.2) is 9.97 Å². The van der Waals surface area contributed by atoms with Crippen molar-refractivity contribution in [2.24, 2.45) is 0 Å². The summed E-state index contributed by atoms with van der Waals surface area (Å²) < 4.78 is 38.8. The van der Waals surface area contributed by atoms with Gasteiger partial charge in [-0.05, 0) is 49.2 Å². The maximum atomic E-state index is 13.0. The highest BCUT2D eigenvalue weighted by Crippen LogP contribution is 2.31. The second-order valence-electron chi connectivity index (χ2n) is 6.76. The van der Waals surface area contributed by atoms with Gasteiger partial charge < -0.3 is 10.2 Å². The molecule has 1 aliphatic rings. The number of halogens is 3. The number of hydrogen-bond donors (Lipinski definition) is 1. The van der Waals surface area contributed by atoms with Crippen molar-refractivity contribution in [3.8, 4) is 0 Å². The summed E-state index contributed by atoms with van der Waals surface area (Å²) in [6, 6.07) is 14.0. The number of hydrogen-bond acceptors (Lipinski definition) is 4. The van der Waals surface area contributed by atoms with Gasteiger partial charge in [0.2, 0.25) is 5.95 Å². The summed E-state index contributed by atoms with van der Waals surface area (Å²) in [6.07, 6.45) is -3.68. The number of rotatable bonds is 3. The smallest absolute Gasteiger partial charge is 0.324 e. The lowest BCUT2D eigenvalue weighted by molar-refractivity contribution is -0.137. The standard InChI is InChI=1S/C21H17F3N4O/c1-13-11-17(19(29)28-10-9-14-5-2-3-8-18(14)28)27-20(25-13)26-16-7-4-6-15(12-16)21(22,23)24/h2-8,11-12H,9-10H2,1H3,(H,25,26,27). The fourth-order valence-electron chi connectivity index (χ4n) is 3.32. The fraction of sp³-hybridized carbons (Fsp3) is 0.190. The minimum Gasteiger partial charge on any atom is -0.324 e. The first kappa shape index (κ1) is 18.9. The van der Waals surface area contributed by atoms with Crippen LogP contribution in [0.4, 0.5) is 30.5 Å². The highest BCUT2D eigenvalue weighted by molar-refractivity contribution is 6.06. The van der Waals surface area contributed by atoms with Crippen LogP contribution in [-0.4, -0.2) is 22.4 Å². The maximum Gasteiger partial charge on any atom is 0.416 e. The van der Waals surface area contributed by atoms with Crippen LogP contribution in [0, 0.1) is 6.92 Å². The Labute approximate surface area is 165 Å². The maximum absolute atomic E-state index is 13.0. The monoisotopic (exact) mass is 398 g/mol. The predicted octanol–water partition coefficient (Wildman–Crippen LogP) is 4.75. The Morgan fingerprint density at radius 2 is 1.86 bits per heavy atom. The highest BCUT2D eigenvalue weighted by Gasteiger charge is 2.30. The summed E-state index contributed by atoms with van der Waals surface area (Å²) in [5, 5.41) is 2.77. The second kappa shape index (κ2) is 7.20. The Hall–Kier alpha value is -3.42. The lowest BCUT2D eigenvalue weighted by atomic mass is 10.2. The summed E-state index contributed by atoms with van der Waals surface area (Å²) in [5.74, 6) is -0.201. The summed E-state index contributed by atoms with van der Waals surface area (Å²) in [4.78, 5) is 23.1. The van der Waals surface area contributed by atoms with Gasteiger partial charge in [0.1, 0.15) is 5.69 Å². The van der Waals surface area contributed by atoms with Crippen molar-refractivity contribution in [1.82, 2.24) is 9.97 Å². The van der Waals surface area contributed by atoms with Gasteiger partial charge in [-0.15, -0.1) is 0 Å². The van der Waals surface area contributed by atoms with E-state index in [0.717, 1.165) is 29.8 Å². The lowest BCUT2D eigenvalue weighted by Gasteiger charge is -2.17. The van der Waals surface area contributed by atoms with E-state index in [2.05, 4.69) is 15.3 Å². The van der Waals surface area contributed by atoms with E-state index < -0.39 is 11.7 Å². The van der Waals surface area contributed by atoms with Crippen LogP contribution in [0.1, 0.15) is 27.3 Å². The molecule has 5 nitrogen and oxygen atoms in total. The SMILES string of the molecule is Cc1cc(C(=O)N2CCc3ccccc32)nc(Nc2cccc(C(F)(F)F)c2)n1. The van der Waals surface area contributed by atoms with Crippen LogP contribution in [0.3, 0.4) is 0 Å². The molecule has 2 aromatic carbocycles. The van der Waals surface area contributed by atoms with Crippen molar-refractivity contribution in [1.29, 1.82) is 0 Å². The number of fused-ring (bicyclic) bond motifs is 1. The minimum absolute atomic E-state index is 0.0696. The van der Waals surface area contributed by atoms with Crippen molar-refractivity contribution < 1.29 is 18.0 Å². The number of nitrogens with one attached hydrogen (secondary N) is 1. The molecule has 1 amide bonds. The largest absolute Gasteiger partial charge is 0.416 e. The van der Waals surface area contributed by atoms with Crippen molar-refractivity contribution >= 4 is 23.2 Å². The van der Waals surface area contributed by atoms with Crippen molar-refractivity contribution in [2.45, 2.75) is 19.5 Å². The Morgan fingerprint density at radius 3 is 2.66 bits per heavy atom. The number of carbonyl (C=O) groups is 1. The van der Waals surface area contributed by atoms with Crippen LogP contribution in [0.25, 0.3) is 0 Å². The molecule has 1 N–H and O–H groups in total. The zero-order chi connectivity index (χ0) is 20.6. The number of para-hydroxylation sites is 1. The van der Waals surface area contributed by atoms with E-state index in [4.69, 9.17) is 0 Å². The summed E-state index contributed by atoms with van der Waals surface area (Å²) in [6.45, 7) is 2.26. The van der Waals surface area contributed by atoms with E-state index in [1.54, 1.807) is 17.9 Å². The van der Waals surface area contributed by atoms with Gasteiger partial charge in [-0.1, -0.05) is 24.3 Å². The van der Waals surface area contributed by atoms with Crippen LogP contribution in [0.5, 0.6) is 0 Å². The summed E-state index contributed by atoms with van der Waals surface area (Å²) in [5.41, 5.74) is 2.07. The van der Waals surface area contributed by atoms with Crippen LogP contribution in [-0.2, 0) is 12.6 Å². The molecule has 0 bridgehead atoms. The first-order chi connectivity index (χ1) is 13.8. The van der Waals surface area contributed by atoms with E-state index in [1.807, 2.05) is 24.3 Å². The third-order valence-electron chi connectivity index (χ3n) is 4.65. The highest BCUT2D eigenvalue weighted by atomic mass is 19.4. The number of benzene rings is 2. The minimum atomic E-state index is -4.45. The molecule has 0 unspecified atom stereocenters. The van der Waals surface area contributed by atoms with Crippen molar-refractivity contribution in [3.05, 3.63) is 77.1 Å². The van der Waals surface area contributed by atoms with E-state index in [1.165, 1.54) is 12.1 Å². The van der Waals surface area contributed by atoms with Gasteiger partial charge in [-0.2, -0.15) is 13.2 Å². The zero-order valence-corrected chi connectivity index (χ0v) is 15.5. The molecule has 0 fully saturated rings. The molecule has 8 heteroatoms. The summed E-state index contributed by atoms with van der Waals surface area (Å²) >= 11 is 0. The third kappa shape index (κ3) is 3.91. The van der Waals surface area contributed by atoms with E-state index >= 15 is 0 Å². The number of amides is 1. The Bertz CT molecular complexity index is 1080. The molecule has 0 saturated carbocycles. The third-order valence-corrected chi connectivity index (χ3v) is 4.65. The number of aryl methyl sites for hydroxylation is 1. The van der Waals surface area contributed by atoms with Crippen LogP contribution >= 0.6 is 0 Å². The molecular formula is C21H17F3N4O. The number of nitrogens with zero attached hydrogens (tertiary/aromatic N) is 3. The number of carbonyl (C=O) groups excluding carboxylic acids is 1. The second-order valence-corrected chi connectivity index (χ2v) is 6.76. The quantitative estimate of drug-likeness (QED) is 0.692. The van der Waals surface area contributed by atoms with Gasteiger partial charge in [0.05, 0.1) is 5.56 Å². The van der Waals surface area contributed by atoms with Gasteiger partial charge in [-0.3, -0.25) is 4.79 Å². The van der Waals surface area contributed by atoms with E-state index in [-0.39, 0.29) is 23.2 Å². The van der Waals surface area contributed by atoms with E-state index in [9.17, 15) is 18.0 Å². The molecule has 3 aromatic rings. The van der Waals surface area contributed by atoms with Crippen molar-refractivity contribution in [2.75, 3.05) is 16.8 Å². The molecule has 4 rings (SSSR count). The predicted molar refractivity (Wildman–Crippen MR) is 103 cm³/mol. The van der Waals surface area contributed by atoms with Crippen LogP contribution < -0.4 is 10.2 Å². The van der Waals surface area contributed by atoms with Crippen LogP contribution in [0.2, 0.25) is 0 Å². The van der Waals surface area contributed by atoms with Gasteiger partial charge in [0.15, 0.2) is 0 Å². The Balaban J connectivity index is 1.61. The molecule has 0 spiro atoms. The molecule has 0 saturated heterocycles. The molecule has 1 aliphatic heterocycles. The molecule has 0 aliphatic carbocycles. The van der Waals surface area contributed by atoms with Crippen LogP contribution in [0.15, 0.2) is 54.6 Å². The lowest BCUT2D eigenvalue weighted by Crippen LogP contribution is -2.30. The number of alkyl halides is 3. The molecule has 0 atom stereocenters. The van der Waals surface area contributed by atoms with E-state index in [0.29, 0.717) is 12.2 Å². The number of aromatic nitrogens is 2. The average Bonchev–Trinajstić information content (AvgIpc) is 3.10. The molecule has 0 radical (unpaired) electrons. The zero-order valence-electron chi connectivity index (χ0n) is 15.5. The first-order valence-corrected chi connectivity index (χ1v) is 9.01. The normalized spacial score (nSPS) is 13.3.